The number of likely N-dealkylation sites (tertiary alicyclic amines) is 1. The molecule has 4 atom stereocenters. The van der Waals surface area contributed by atoms with E-state index in [9.17, 15) is 0 Å². The van der Waals surface area contributed by atoms with Crippen LogP contribution in [0, 0.1) is 0 Å². The predicted octanol–water partition coefficient (Wildman–Crippen LogP) is 2.81. The molecular weight excluding hydrogens is 454 g/mol. The summed E-state index contributed by atoms with van der Waals surface area (Å²) in [6.45, 7) is 5.36. The molecule has 1 saturated carbocycles. The Bertz CT molecular complexity index is 694. The third kappa shape index (κ3) is 4.95. The highest BCUT2D eigenvalue weighted by Crippen LogP contribution is 2.33. The molecule has 0 aromatic heterocycles. The molecule has 1 aromatic rings. The van der Waals surface area contributed by atoms with E-state index >= 15 is 0 Å². The lowest BCUT2D eigenvalue weighted by Crippen LogP contribution is -2.80. The summed E-state index contributed by atoms with van der Waals surface area (Å²) in [5.74, 6) is 0. The van der Waals surface area contributed by atoms with E-state index in [2.05, 4.69) is 66.7 Å². The first-order valence-electron chi connectivity index (χ1n) is 12.1. The monoisotopic (exact) mass is 493 g/mol. The lowest BCUT2D eigenvalue weighted by molar-refractivity contribution is -0.0917. The number of likely N-dealkylation sites (N-methyl/N-ethyl adjacent to an activating group) is 1. The fourth-order valence-electron chi connectivity index (χ4n) is 5.83. The molecule has 2 saturated heterocycles. The molecule has 3 aliphatic rings. The van der Waals surface area contributed by atoms with Crippen LogP contribution in [0.15, 0.2) is 28.7 Å². The molecule has 31 heavy (non-hydrogen) atoms. The highest BCUT2D eigenvalue weighted by molar-refractivity contribution is 9.10. The third-order valence-electron chi connectivity index (χ3n) is 7.56. The second kappa shape index (κ2) is 10.5. The molecular formula is C23H40BrN7. The van der Waals surface area contributed by atoms with E-state index in [0.717, 1.165) is 36.1 Å². The molecule has 3 fully saturated rings. The molecule has 0 radical (unpaired) electrons. The maximum absolute atomic E-state index is 6.95. The zero-order chi connectivity index (χ0) is 22.0. The summed E-state index contributed by atoms with van der Waals surface area (Å²) in [6.07, 6.45) is 8.92. The number of nitrogens with zero attached hydrogens (tertiary/aromatic N) is 4. The van der Waals surface area contributed by atoms with Crippen molar-refractivity contribution in [2.75, 3.05) is 24.5 Å². The van der Waals surface area contributed by atoms with Crippen molar-refractivity contribution in [1.29, 1.82) is 0 Å². The Labute approximate surface area is 196 Å². The van der Waals surface area contributed by atoms with Crippen LogP contribution in [0.1, 0.15) is 58.3 Å². The zero-order valence-corrected chi connectivity index (χ0v) is 20.5. The molecule has 4 rings (SSSR count). The normalized spacial score (nSPS) is 32.5. The van der Waals surface area contributed by atoms with Gasteiger partial charge >= 0.3 is 0 Å². The van der Waals surface area contributed by atoms with Crippen LogP contribution in [0.4, 0.5) is 5.69 Å². The van der Waals surface area contributed by atoms with Crippen LogP contribution in [0.3, 0.4) is 0 Å². The number of halogens is 1. The van der Waals surface area contributed by atoms with Gasteiger partial charge in [0.25, 0.3) is 0 Å². The van der Waals surface area contributed by atoms with Crippen LogP contribution in [0.2, 0.25) is 0 Å². The molecule has 7 nitrogen and oxygen atoms in total. The molecule has 0 spiro atoms. The van der Waals surface area contributed by atoms with Crippen molar-refractivity contribution in [3.05, 3.63) is 28.7 Å². The summed E-state index contributed by atoms with van der Waals surface area (Å²) < 4.78 is 1.05. The minimum Gasteiger partial charge on any atom is -0.315 e. The maximum atomic E-state index is 6.95. The van der Waals surface area contributed by atoms with E-state index in [4.69, 9.17) is 17.2 Å². The van der Waals surface area contributed by atoms with Crippen molar-refractivity contribution in [3.8, 4) is 0 Å². The summed E-state index contributed by atoms with van der Waals surface area (Å²) in [5, 5.41) is 0. The minimum absolute atomic E-state index is 0.265. The summed E-state index contributed by atoms with van der Waals surface area (Å²) in [7, 11) is 0. The second-order valence-corrected chi connectivity index (χ2v) is 10.3. The summed E-state index contributed by atoms with van der Waals surface area (Å²) >= 11 is 3.55. The predicted molar refractivity (Wildman–Crippen MR) is 131 cm³/mol. The Morgan fingerprint density at radius 2 is 1.55 bits per heavy atom. The van der Waals surface area contributed by atoms with Gasteiger partial charge in [-0.3, -0.25) is 16.4 Å². The quantitative estimate of drug-likeness (QED) is 0.543. The molecule has 2 heterocycles. The lowest BCUT2D eigenvalue weighted by Gasteiger charge is -2.57. The van der Waals surface area contributed by atoms with Gasteiger partial charge in [0.2, 0.25) is 0 Å². The van der Waals surface area contributed by atoms with Gasteiger partial charge in [-0.1, -0.05) is 48.5 Å². The zero-order valence-electron chi connectivity index (χ0n) is 18.9. The van der Waals surface area contributed by atoms with E-state index in [1.165, 1.54) is 45.1 Å². The van der Waals surface area contributed by atoms with Crippen LogP contribution in [-0.2, 0) is 0 Å². The van der Waals surface area contributed by atoms with Gasteiger partial charge in [-0.05, 0) is 63.0 Å². The van der Waals surface area contributed by atoms with Crippen molar-refractivity contribution >= 4 is 21.6 Å². The van der Waals surface area contributed by atoms with Crippen molar-refractivity contribution < 1.29 is 0 Å². The number of anilines is 1. The number of nitrogens with two attached hydrogens (primary N) is 3. The van der Waals surface area contributed by atoms with Gasteiger partial charge in [0.15, 0.2) is 0 Å². The van der Waals surface area contributed by atoms with Gasteiger partial charge < -0.3 is 10.6 Å². The van der Waals surface area contributed by atoms with Crippen LogP contribution in [-0.4, -0.2) is 65.3 Å². The van der Waals surface area contributed by atoms with E-state index in [1.807, 2.05) is 0 Å². The lowest BCUT2D eigenvalue weighted by atomic mass is 10.1. The van der Waals surface area contributed by atoms with E-state index in [1.54, 1.807) is 0 Å². The second-order valence-electron chi connectivity index (χ2n) is 9.34. The number of hydrogen-bond donors (Lipinski definition) is 3. The molecule has 2 aliphatic heterocycles. The fourth-order valence-corrected chi connectivity index (χ4v) is 6.09. The van der Waals surface area contributed by atoms with E-state index in [0.29, 0.717) is 12.1 Å². The van der Waals surface area contributed by atoms with Crippen LogP contribution < -0.4 is 22.1 Å². The van der Waals surface area contributed by atoms with Crippen LogP contribution in [0.5, 0.6) is 0 Å². The van der Waals surface area contributed by atoms with Crippen LogP contribution in [0.25, 0.3) is 0 Å². The molecule has 8 heteroatoms. The Morgan fingerprint density at radius 3 is 2.19 bits per heavy atom. The molecule has 0 amide bonds. The van der Waals surface area contributed by atoms with Crippen molar-refractivity contribution in [2.24, 2.45) is 17.2 Å². The Hall–Kier alpha value is -0.740. The number of hydrogen-bond acceptors (Lipinski definition) is 7. The average molecular weight is 495 g/mol. The van der Waals surface area contributed by atoms with E-state index in [-0.39, 0.29) is 18.9 Å². The van der Waals surface area contributed by atoms with Crippen LogP contribution >= 0.6 is 15.9 Å². The molecule has 6 N–H and O–H groups in total. The van der Waals surface area contributed by atoms with E-state index < -0.39 is 0 Å². The maximum Gasteiger partial charge on any atom is 0.139 e. The van der Waals surface area contributed by atoms with Crippen molar-refractivity contribution in [2.45, 2.75) is 89.2 Å². The molecule has 4 unspecified atom stereocenters. The average Bonchev–Trinajstić information content (AvgIpc) is 3.05. The van der Waals surface area contributed by atoms with Gasteiger partial charge in [0.05, 0.1) is 0 Å². The topological polar surface area (TPSA) is 91.0 Å². The summed E-state index contributed by atoms with van der Waals surface area (Å²) in [5.41, 5.74) is 21.8. The molecule has 1 aliphatic carbocycles. The fraction of sp³-hybridized carbons (Fsp3) is 0.739. The van der Waals surface area contributed by atoms with Crippen molar-refractivity contribution in [3.63, 3.8) is 0 Å². The summed E-state index contributed by atoms with van der Waals surface area (Å²) in [4.78, 5) is 9.36. The Morgan fingerprint density at radius 1 is 0.871 bits per heavy atom. The van der Waals surface area contributed by atoms with Crippen molar-refractivity contribution in [1.82, 2.24) is 14.7 Å². The first-order valence-corrected chi connectivity index (χ1v) is 12.9. The highest BCUT2D eigenvalue weighted by atomic mass is 79.9. The van der Waals surface area contributed by atoms with Gasteiger partial charge in [-0.2, -0.15) is 0 Å². The summed E-state index contributed by atoms with van der Waals surface area (Å²) in [6, 6.07) is 9.19. The van der Waals surface area contributed by atoms with Gasteiger partial charge in [-0.25, -0.2) is 9.80 Å². The number of rotatable bonds is 5. The highest BCUT2D eigenvalue weighted by Gasteiger charge is 2.45. The Kier molecular flexibility index (Phi) is 7.90. The molecule has 1 aromatic carbocycles. The first kappa shape index (κ1) is 23.4. The Balaban J connectivity index is 1.65. The third-order valence-corrected chi connectivity index (χ3v) is 8.09. The minimum atomic E-state index is -0.354. The standard InChI is InChI=1S/C23H40BrN7/c1-2-28-15-7-10-20(28)16-29-21(25)30(18-8-5-3-4-6-9-18)23(27)31(22(29)26)19-13-11-17(24)12-14-19/h11-14,18,20-23H,2-10,15-16,25-27H2,1H3. The molecule has 0 bridgehead atoms. The largest absolute Gasteiger partial charge is 0.315 e. The van der Waals surface area contributed by atoms with Gasteiger partial charge in [0.1, 0.15) is 18.9 Å². The SMILES string of the molecule is CCN1CCCC1CN1C(N)N(c2ccc(Br)cc2)C(N)N(C2CCCCCC2)C1N. The molecule has 174 valence electrons. The smallest absolute Gasteiger partial charge is 0.139 e. The first-order chi connectivity index (χ1) is 15.0. The van der Waals surface area contributed by atoms with Gasteiger partial charge in [0, 0.05) is 28.8 Å². The number of benzene rings is 1. The van der Waals surface area contributed by atoms with Gasteiger partial charge in [-0.15, -0.1) is 0 Å².